The fourth-order valence-corrected chi connectivity index (χ4v) is 4.81. The quantitative estimate of drug-likeness (QED) is 0.614. The molecule has 7 nitrogen and oxygen atoms in total. The minimum Gasteiger partial charge on any atom is -0.480 e. The molecule has 0 bridgehead atoms. The molecule has 4 rings (SSSR count). The van der Waals surface area contributed by atoms with E-state index in [1.54, 1.807) is 11.3 Å². The number of carbonyl (C=O) groups is 2. The summed E-state index contributed by atoms with van der Waals surface area (Å²) in [5.74, 6) is -1.25. The van der Waals surface area contributed by atoms with E-state index < -0.39 is 12.0 Å². The first-order chi connectivity index (χ1) is 14.9. The van der Waals surface area contributed by atoms with Crippen LogP contribution in [0.1, 0.15) is 12.0 Å². The van der Waals surface area contributed by atoms with E-state index in [1.807, 2.05) is 42.3 Å². The maximum absolute atomic E-state index is 12.5. The molecule has 8 heteroatoms. The molecule has 1 aromatic heterocycles. The van der Waals surface area contributed by atoms with Crippen LogP contribution in [0.2, 0.25) is 0 Å². The molecule has 31 heavy (non-hydrogen) atoms. The van der Waals surface area contributed by atoms with Gasteiger partial charge in [-0.2, -0.15) is 0 Å². The van der Waals surface area contributed by atoms with Crippen LogP contribution in [0.15, 0.2) is 42.5 Å². The van der Waals surface area contributed by atoms with Gasteiger partial charge in [-0.3, -0.25) is 14.5 Å². The van der Waals surface area contributed by atoms with Crippen molar-refractivity contribution in [3.63, 3.8) is 0 Å². The van der Waals surface area contributed by atoms with E-state index in [2.05, 4.69) is 34.3 Å². The number of piperazine rings is 1. The van der Waals surface area contributed by atoms with Crippen molar-refractivity contribution in [2.45, 2.75) is 19.4 Å². The van der Waals surface area contributed by atoms with E-state index in [4.69, 9.17) is 0 Å². The van der Waals surface area contributed by atoms with E-state index in [9.17, 15) is 14.7 Å². The lowest BCUT2D eigenvalue weighted by molar-refractivity contribution is -0.145. The van der Waals surface area contributed by atoms with Crippen LogP contribution in [-0.4, -0.2) is 71.0 Å². The summed E-state index contributed by atoms with van der Waals surface area (Å²) in [6, 6.07) is 12.9. The maximum Gasteiger partial charge on any atom is 0.321 e. The highest BCUT2D eigenvalue weighted by Gasteiger charge is 2.30. The maximum atomic E-state index is 12.5. The number of hydrogen-bond donors (Lipinski definition) is 2. The number of benzene rings is 2. The van der Waals surface area contributed by atoms with Crippen LogP contribution in [0.25, 0.3) is 20.8 Å². The van der Waals surface area contributed by atoms with Gasteiger partial charge in [0.15, 0.2) is 0 Å². The number of carboxylic acids is 1. The van der Waals surface area contributed by atoms with Crippen LogP contribution in [0.3, 0.4) is 0 Å². The number of anilines is 1. The summed E-state index contributed by atoms with van der Waals surface area (Å²) in [5.41, 5.74) is 3.81. The second-order valence-corrected chi connectivity index (χ2v) is 9.04. The summed E-state index contributed by atoms with van der Waals surface area (Å²) < 4.78 is 1.15. The Kier molecular flexibility index (Phi) is 6.31. The molecular formula is C23H26N4O3S. The smallest absolute Gasteiger partial charge is 0.321 e. The topological polar surface area (TPSA) is 85.8 Å². The highest BCUT2D eigenvalue weighted by molar-refractivity contribution is 7.21. The van der Waals surface area contributed by atoms with Crippen LogP contribution in [0.5, 0.6) is 0 Å². The summed E-state index contributed by atoms with van der Waals surface area (Å²) in [4.78, 5) is 33.0. The molecule has 1 atom stereocenters. The number of aromatic nitrogens is 1. The first-order valence-corrected chi connectivity index (χ1v) is 11.1. The zero-order valence-electron chi connectivity index (χ0n) is 17.7. The molecule has 1 unspecified atom stereocenters. The number of aryl methyl sites for hydroxylation is 1. The molecule has 0 saturated carbocycles. The van der Waals surface area contributed by atoms with Crippen LogP contribution in [0, 0.1) is 6.92 Å². The molecule has 1 aliphatic heterocycles. The van der Waals surface area contributed by atoms with Crippen molar-refractivity contribution in [1.29, 1.82) is 0 Å². The molecule has 2 N–H and O–H groups in total. The van der Waals surface area contributed by atoms with Gasteiger partial charge in [0.1, 0.15) is 11.0 Å². The van der Waals surface area contributed by atoms with Gasteiger partial charge in [0.25, 0.3) is 0 Å². The van der Waals surface area contributed by atoms with Gasteiger partial charge in [-0.05, 0) is 55.9 Å². The van der Waals surface area contributed by atoms with Gasteiger partial charge < -0.3 is 15.3 Å². The zero-order valence-corrected chi connectivity index (χ0v) is 18.5. The van der Waals surface area contributed by atoms with Crippen LogP contribution < -0.4 is 5.32 Å². The number of rotatable bonds is 6. The number of nitrogens with zero attached hydrogens (tertiary/aromatic N) is 3. The van der Waals surface area contributed by atoms with Crippen molar-refractivity contribution in [3.05, 3.63) is 48.0 Å². The molecule has 3 aromatic rings. The second kappa shape index (κ2) is 9.13. The van der Waals surface area contributed by atoms with Gasteiger partial charge in [0.2, 0.25) is 5.91 Å². The number of aliphatic carboxylic acids is 1. The molecule has 1 saturated heterocycles. The molecular weight excluding hydrogens is 412 g/mol. The molecule has 162 valence electrons. The third-order valence-corrected chi connectivity index (χ3v) is 6.67. The minimum absolute atomic E-state index is 0.0714. The molecule has 0 spiro atoms. The largest absolute Gasteiger partial charge is 0.480 e. The zero-order chi connectivity index (χ0) is 22.0. The number of carboxylic acid groups (broad SMARTS) is 1. The predicted octanol–water partition coefficient (Wildman–Crippen LogP) is 3.30. The molecule has 2 aromatic carbocycles. The number of nitrogens with one attached hydrogen (secondary N) is 1. The summed E-state index contributed by atoms with van der Waals surface area (Å²) in [6.45, 7) is 4.97. The molecule has 2 heterocycles. The standard InChI is InChI=1S/C23H26N4O3S/c1-15-3-8-18-20(13-15)31-22(25-18)16-4-6-17(7-5-16)24-21(28)14-19(23(29)30)27-11-9-26(2)10-12-27/h3-8,13,19H,9-12,14H2,1-2H3,(H,24,28)(H,29,30). The number of thiazole rings is 1. The molecule has 1 aliphatic rings. The third kappa shape index (κ3) is 5.10. The lowest BCUT2D eigenvalue weighted by Crippen LogP contribution is -2.52. The molecule has 1 amide bonds. The Morgan fingerprint density at radius 1 is 1.13 bits per heavy atom. The Bertz CT molecular complexity index is 1090. The first-order valence-electron chi connectivity index (χ1n) is 10.3. The average Bonchev–Trinajstić information content (AvgIpc) is 3.16. The number of amides is 1. The van der Waals surface area contributed by atoms with Crippen LogP contribution in [0.4, 0.5) is 5.69 Å². The van der Waals surface area contributed by atoms with E-state index in [0.29, 0.717) is 18.8 Å². The molecule has 1 fully saturated rings. The van der Waals surface area contributed by atoms with Crippen LogP contribution >= 0.6 is 11.3 Å². The predicted molar refractivity (Wildman–Crippen MR) is 124 cm³/mol. The monoisotopic (exact) mass is 438 g/mol. The fourth-order valence-electron chi connectivity index (χ4n) is 3.75. The fraction of sp³-hybridized carbons (Fsp3) is 0.348. The second-order valence-electron chi connectivity index (χ2n) is 8.01. The highest BCUT2D eigenvalue weighted by atomic mass is 32.1. The lowest BCUT2D eigenvalue weighted by atomic mass is 10.1. The highest BCUT2D eigenvalue weighted by Crippen LogP contribution is 2.31. The summed E-state index contributed by atoms with van der Waals surface area (Å²) in [5, 5.41) is 13.4. The normalized spacial score (nSPS) is 16.3. The summed E-state index contributed by atoms with van der Waals surface area (Å²) in [6.07, 6.45) is -0.0714. The first kappa shape index (κ1) is 21.4. The van der Waals surface area contributed by atoms with Crippen molar-refractivity contribution in [1.82, 2.24) is 14.8 Å². The van der Waals surface area contributed by atoms with Gasteiger partial charge in [-0.25, -0.2) is 4.98 Å². The number of carbonyl (C=O) groups excluding carboxylic acids is 1. The van der Waals surface area contributed by atoms with E-state index in [1.165, 1.54) is 5.56 Å². The van der Waals surface area contributed by atoms with E-state index in [0.717, 1.165) is 33.9 Å². The Hall–Kier alpha value is -2.81. The van der Waals surface area contributed by atoms with E-state index >= 15 is 0 Å². The lowest BCUT2D eigenvalue weighted by Gasteiger charge is -2.35. The molecule has 0 radical (unpaired) electrons. The minimum atomic E-state index is -0.957. The van der Waals surface area contributed by atoms with Gasteiger partial charge in [0.05, 0.1) is 16.6 Å². The van der Waals surface area contributed by atoms with Crippen LogP contribution in [-0.2, 0) is 9.59 Å². The Morgan fingerprint density at radius 2 is 1.84 bits per heavy atom. The average molecular weight is 439 g/mol. The summed E-state index contributed by atoms with van der Waals surface area (Å²) >= 11 is 1.64. The van der Waals surface area contributed by atoms with Crippen molar-refractivity contribution < 1.29 is 14.7 Å². The van der Waals surface area contributed by atoms with Gasteiger partial charge >= 0.3 is 5.97 Å². The van der Waals surface area contributed by atoms with Gasteiger partial charge in [-0.15, -0.1) is 11.3 Å². The number of likely N-dealkylation sites (N-methyl/N-ethyl adjacent to an activating group) is 1. The van der Waals surface area contributed by atoms with Crippen molar-refractivity contribution in [2.75, 3.05) is 38.5 Å². The SMILES string of the molecule is Cc1ccc2nc(-c3ccc(NC(=O)CC(C(=O)O)N4CCN(C)CC4)cc3)sc2c1. The summed E-state index contributed by atoms with van der Waals surface area (Å²) in [7, 11) is 2.01. The Morgan fingerprint density at radius 3 is 2.52 bits per heavy atom. The third-order valence-electron chi connectivity index (χ3n) is 5.60. The Balaban J connectivity index is 1.40. The van der Waals surface area contributed by atoms with Crippen molar-refractivity contribution in [2.24, 2.45) is 0 Å². The number of hydrogen-bond acceptors (Lipinski definition) is 6. The Labute approximate surface area is 185 Å². The van der Waals surface area contributed by atoms with Crippen molar-refractivity contribution >= 4 is 39.1 Å². The number of fused-ring (bicyclic) bond motifs is 1. The van der Waals surface area contributed by atoms with Crippen molar-refractivity contribution in [3.8, 4) is 10.6 Å². The van der Waals surface area contributed by atoms with Gasteiger partial charge in [0, 0.05) is 37.4 Å². The van der Waals surface area contributed by atoms with E-state index in [-0.39, 0.29) is 12.3 Å². The van der Waals surface area contributed by atoms with Gasteiger partial charge in [-0.1, -0.05) is 6.07 Å². The molecule has 0 aliphatic carbocycles.